The first-order valence-electron chi connectivity index (χ1n) is 8.41. The molecule has 0 rings (SSSR count). The Labute approximate surface area is 145 Å². The van der Waals surface area contributed by atoms with Gasteiger partial charge in [-0.2, -0.15) is 0 Å². The van der Waals surface area contributed by atoms with Crippen LogP contribution in [0.3, 0.4) is 0 Å². The zero-order chi connectivity index (χ0) is 17.8. The van der Waals surface area contributed by atoms with Crippen LogP contribution in [0.25, 0.3) is 0 Å². The molecule has 0 aromatic rings. The van der Waals surface area contributed by atoms with Gasteiger partial charge in [0.05, 0.1) is 5.25 Å². The van der Waals surface area contributed by atoms with Crippen molar-refractivity contribution in [1.82, 2.24) is 0 Å². The fraction of sp³-hybridized carbons (Fsp3) is 0.600. The molecule has 0 saturated heterocycles. The van der Waals surface area contributed by atoms with Crippen molar-refractivity contribution in [3.63, 3.8) is 0 Å². The first-order valence-corrected chi connectivity index (χ1v) is 9.58. The summed E-state index contributed by atoms with van der Waals surface area (Å²) in [5, 5.41) is -0.305. The number of hydrogen-bond acceptors (Lipinski definition) is 1. The van der Waals surface area contributed by atoms with Crippen molar-refractivity contribution < 1.29 is 8.76 Å². The number of allylic oxidation sites excluding steroid dienone is 7. The standard InChI is InChI=1S/C20H34O2S/c1-16(2)9-7-11-18(5)13-14-20(23(21)22)15-19(6)12-8-10-17(3)4/h9-10,13,15,20H,7-8,11-12,14H2,1-6H3,(H,21,22). The van der Waals surface area contributed by atoms with Crippen molar-refractivity contribution in [2.75, 3.05) is 0 Å². The lowest BCUT2D eigenvalue weighted by molar-refractivity contribution is 0.555. The quantitative estimate of drug-likeness (QED) is 0.372. The van der Waals surface area contributed by atoms with E-state index >= 15 is 0 Å². The summed E-state index contributed by atoms with van der Waals surface area (Å²) in [5.41, 5.74) is 5.12. The van der Waals surface area contributed by atoms with Crippen molar-refractivity contribution in [2.45, 2.75) is 78.9 Å². The van der Waals surface area contributed by atoms with E-state index in [4.69, 9.17) is 0 Å². The molecular weight excluding hydrogens is 304 g/mol. The maximum Gasteiger partial charge on any atom is 0.160 e. The van der Waals surface area contributed by atoms with Gasteiger partial charge in [0.2, 0.25) is 0 Å². The van der Waals surface area contributed by atoms with Gasteiger partial charge in [0.15, 0.2) is 11.1 Å². The third-order valence-corrected chi connectivity index (χ3v) is 4.46. The molecule has 2 nitrogen and oxygen atoms in total. The molecular formula is C20H34O2S. The second-order valence-electron chi connectivity index (χ2n) is 6.75. The van der Waals surface area contributed by atoms with Crippen molar-refractivity contribution in [3.05, 3.63) is 46.6 Å². The first-order chi connectivity index (χ1) is 10.7. The smallest absolute Gasteiger partial charge is 0.160 e. The van der Waals surface area contributed by atoms with Gasteiger partial charge in [-0.25, -0.2) is 4.21 Å². The summed E-state index contributed by atoms with van der Waals surface area (Å²) in [4.78, 5) is 0. The number of hydrogen-bond donors (Lipinski definition) is 1. The Morgan fingerprint density at radius 2 is 1.35 bits per heavy atom. The molecule has 0 aromatic carbocycles. The molecule has 0 radical (unpaired) electrons. The lowest BCUT2D eigenvalue weighted by Crippen LogP contribution is -2.11. The van der Waals surface area contributed by atoms with Crippen LogP contribution >= 0.6 is 0 Å². The average Bonchev–Trinajstić information content (AvgIpc) is 2.42. The van der Waals surface area contributed by atoms with E-state index in [9.17, 15) is 8.76 Å². The third kappa shape index (κ3) is 13.2. The molecule has 0 fully saturated rings. The molecule has 0 aromatic heterocycles. The van der Waals surface area contributed by atoms with E-state index in [1.807, 2.05) is 13.0 Å². The average molecular weight is 339 g/mol. The Morgan fingerprint density at radius 3 is 1.78 bits per heavy atom. The SMILES string of the molecule is CC(C)=CCCC(C)=CCC(C=C(C)CCC=C(C)C)S(=O)O. The van der Waals surface area contributed by atoms with Crippen LogP contribution < -0.4 is 0 Å². The molecule has 3 heteroatoms. The minimum Gasteiger partial charge on any atom is -0.306 e. The predicted molar refractivity (Wildman–Crippen MR) is 104 cm³/mol. The molecule has 2 atom stereocenters. The highest BCUT2D eigenvalue weighted by Crippen LogP contribution is 2.15. The van der Waals surface area contributed by atoms with E-state index in [0.717, 1.165) is 25.7 Å². The third-order valence-electron chi connectivity index (χ3n) is 3.61. The highest BCUT2D eigenvalue weighted by atomic mass is 32.2. The maximum absolute atomic E-state index is 11.5. The van der Waals surface area contributed by atoms with Crippen molar-refractivity contribution in [1.29, 1.82) is 0 Å². The predicted octanol–water partition coefficient (Wildman–Crippen LogP) is 6.35. The topological polar surface area (TPSA) is 37.3 Å². The summed E-state index contributed by atoms with van der Waals surface area (Å²) in [6.45, 7) is 12.5. The maximum atomic E-state index is 11.5. The lowest BCUT2D eigenvalue weighted by atomic mass is 10.1. The fourth-order valence-corrected chi connectivity index (χ4v) is 2.82. The Kier molecular flexibility index (Phi) is 12.0. The Morgan fingerprint density at radius 1 is 0.870 bits per heavy atom. The Hall–Kier alpha value is -0.930. The largest absolute Gasteiger partial charge is 0.306 e. The minimum atomic E-state index is -1.82. The summed E-state index contributed by atoms with van der Waals surface area (Å²) in [7, 11) is 0. The zero-order valence-electron chi connectivity index (χ0n) is 15.7. The summed E-state index contributed by atoms with van der Waals surface area (Å²) in [6, 6.07) is 0. The van der Waals surface area contributed by atoms with Crippen LogP contribution in [0.1, 0.15) is 73.6 Å². The van der Waals surface area contributed by atoms with Crippen molar-refractivity contribution in [3.8, 4) is 0 Å². The van der Waals surface area contributed by atoms with Crippen LogP contribution in [-0.2, 0) is 11.1 Å². The number of rotatable bonds is 10. The van der Waals surface area contributed by atoms with Gasteiger partial charge in [0, 0.05) is 0 Å². The molecule has 23 heavy (non-hydrogen) atoms. The molecule has 0 spiro atoms. The van der Waals surface area contributed by atoms with Crippen molar-refractivity contribution in [2.24, 2.45) is 0 Å². The summed E-state index contributed by atoms with van der Waals surface area (Å²) < 4.78 is 21.1. The van der Waals surface area contributed by atoms with Gasteiger partial charge >= 0.3 is 0 Å². The first kappa shape index (κ1) is 22.1. The molecule has 1 N–H and O–H groups in total. The molecule has 0 aliphatic heterocycles. The van der Waals surface area contributed by atoms with Gasteiger partial charge in [-0.05, 0) is 73.6 Å². The van der Waals surface area contributed by atoms with Gasteiger partial charge < -0.3 is 4.55 Å². The zero-order valence-corrected chi connectivity index (χ0v) is 16.5. The van der Waals surface area contributed by atoms with Crippen LogP contribution in [-0.4, -0.2) is 14.0 Å². The molecule has 0 amide bonds. The molecule has 0 aliphatic rings. The normalized spacial score (nSPS) is 15.1. The van der Waals surface area contributed by atoms with Gasteiger partial charge in [0.25, 0.3) is 0 Å². The van der Waals surface area contributed by atoms with Gasteiger partial charge in [-0.1, -0.05) is 46.6 Å². The van der Waals surface area contributed by atoms with E-state index in [1.165, 1.54) is 22.3 Å². The molecule has 0 aliphatic carbocycles. The van der Waals surface area contributed by atoms with E-state index in [2.05, 4.69) is 52.8 Å². The Bertz CT molecular complexity index is 488. The second-order valence-corrected chi connectivity index (χ2v) is 7.91. The molecule has 0 saturated carbocycles. The van der Waals surface area contributed by atoms with Crippen molar-refractivity contribution >= 4 is 11.1 Å². The Balaban J connectivity index is 4.59. The molecule has 0 bridgehead atoms. The van der Waals surface area contributed by atoms with E-state index in [0.29, 0.717) is 6.42 Å². The van der Waals surface area contributed by atoms with Gasteiger partial charge in [0.1, 0.15) is 0 Å². The summed E-state index contributed by atoms with van der Waals surface area (Å²) in [5.74, 6) is 0. The van der Waals surface area contributed by atoms with Crippen LogP contribution in [0, 0.1) is 0 Å². The van der Waals surface area contributed by atoms with E-state index in [1.54, 1.807) is 0 Å². The highest BCUT2D eigenvalue weighted by molar-refractivity contribution is 7.80. The summed E-state index contributed by atoms with van der Waals surface area (Å²) in [6.07, 6.45) is 13.1. The van der Waals surface area contributed by atoms with Crippen LogP contribution in [0.2, 0.25) is 0 Å². The highest BCUT2D eigenvalue weighted by Gasteiger charge is 2.11. The second kappa shape index (κ2) is 12.5. The lowest BCUT2D eigenvalue weighted by Gasteiger charge is -2.09. The van der Waals surface area contributed by atoms with Crippen LogP contribution in [0.4, 0.5) is 0 Å². The summed E-state index contributed by atoms with van der Waals surface area (Å²) >= 11 is -1.82. The van der Waals surface area contributed by atoms with Gasteiger partial charge in [-0.15, -0.1) is 0 Å². The van der Waals surface area contributed by atoms with Crippen LogP contribution in [0.15, 0.2) is 46.6 Å². The van der Waals surface area contributed by atoms with Crippen LogP contribution in [0.5, 0.6) is 0 Å². The monoisotopic (exact) mass is 338 g/mol. The molecule has 0 heterocycles. The minimum absolute atomic E-state index is 0.305. The fourth-order valence-electron chi connectivity index (χ4n) is 2.21. The van der Waals surface area contributed by atoms with E-state index < -0.39 is 11.1 Å². The van der Waals surface area contributed by atoms with E-state index in [-0.39, 0.29) is 5.25 Å². The van der Waals surface area contributed by atoms with Gasteiger partial charge in [-0.3, -0.25) is 0 Å². The molecule has 132 valence electrons. The molecule has 2 unspecified atom stereocenters.